The van der Waals surface area contributed by atoms with E-state index in [9.17, 15) is 4.79 Å². The van der Waals surface area contributed by atoms with Crippen molar-refractivity contribution in [3.8, 4) is 0 Å². The predicted octanol–water partition coefficient (Wildman–Crippen LogP) is 4.41. The predicted molar refractivity (Wildman–Crippen MR) is 82.2 cm³/mol. The average molecular weight is 318 g/mol. The van der Waals surface area contributed by atoms with Crippen molar-refractivity contribution < 1.29 is 4.79 Å². The van der Waals surface area contributed by atoms with E-state index in [-0.39, 0.29) is 5.91 Å². The maximum absolute atomic E-state index is 11.8. The zero-order valence-corrected chi connectivity index (χ0v) is 12.2. The van der Waals surface area contributed by atoms with Gasteiger partial charge in [0.25, 0.3) is 0 Å². The molecule has 0 atom stereocenters. The lowest BCUT2D eigenvalue weighted by Gasteiger charge is -2.05. The molecule has 0 heterocycles. The molecule has 1 N–H and O–H groups in total. The number of hydrogen-bond donors (Lipinski definition) is 1. The lowest BCUT2D eigenvalue weighted by molar-refractivity contribution is -0.116. The van der Waals surface area contributed by atoms with E-state index in [4.69, 9.17) is 0 Å². The lowest BCUT2D eigenvalue weighted by Crippen LogP contribution is -2.11. The van der Waals surface area contributed by atoms with Gasteiger partial charge in [0.15, 0.2) is 0 Å². The maximum Gasteiger partial charge on any atom is 0.224 e. The topological polar surface area (TPSA) is 29.1 Å². The van der Waals surface area contributed by atoms with Gasteiger partial charge in [0.05, 0.1) is 0 Å². The highest BCUT2D eigenvalue weighted by molar-refractivity contribution is 9.10. The average Bonchev–Trinajstić information content (AvgIpc) is 2.40. The fourth-order valence-electron chi connectivity index (χ4n) is 1.89. The highest BCUT2D eigenvalue weighted by Crippen LogP contribution is 2.16. The first-order valence-electron chi connectivity index (χ1n) is 6.33. The zero-order chi connectivity index (χ0) is 13.5. The molecule has 98 valence electrons. The van der Waals surface area contributed by atoms with Crippen molar-refractivity contribution in [3.05, 3.63) is 64.6 Å². The van der Waals surface area contributed by atoms with Crippen LogP contribution in [0.5, 0.6) is 0 Å². The highest BCUT2D eigenvalue weighted by atomic mass is 79.9. The van der Waals surface area contributed by atoms with Gasteiger partial charge in [-0.2, -0.15) is 0 Å². The van der Waals surface area contributed by atoms with Gasteiger partial charge in [-0.3, -0.25) is 4.79 Å². The molecule has 0 spiro atoms. The first-order valence-corrected chi connectivity index (χ1v) is 7.13. The molecule has 0 bridgehead atoms. The molecule has 0 aromatic heterocycles. The van der Waals surface area contributed by atoms with E-state index in [1.165, 1.54) is 5.56 Å². The highest BCUT2D eigenvalue weighted by Gasteiger charge is 2.02. The van der Waals surface area contributed by atoms with Crippen LogP contribution in [0.25, 0.3) is 0 Å². The summed E-state index contributed by atoms with van der Waals surface area (Å²) in [6.07, 6.45) is 2.35. The van der Waals surface area contributed by atoms with Crippen LogP contribution in [0.4, 0.5) is 5.69 Å². The molecule has 0 saturated heterocycles. The molecular weight excluding hydrogens is 302 g/mol. The van der Waals surface area contributed by atoms with Crippen LogP contribution in [0.3, 0.4) is 0 Å². The Hall–Kier alpha value is -1.61. The minimum absolute atomic E-state index is 0.0639. The first kappa shape index (κ1) is 13.8. The molecule has 2 aromatic rings. The Morgan fingerprint density at radius 3 is 2.58 bits per heavy atom. The Bertz CT molecular complexity index is 539. The summed E-state index contributed by atoms with van der Waals surface area (Å²) in [6.45, 7) is 0. The van der Waals surface area contributed by atoms with Crippen LogP contribution in [0.15, 0.2) is 59.1 Å². The van der Waals surface area contributed by atoms with E-state index < -0.39 is 0 Å². The SMILES string of the molecule is O=C(CCCc1ccccc1)Nc1cccc(Br)c1. The monoisotopic (exact) mass is 317 g/mol. The molecule has 2 aromatic carbocycles. The van der Waals surface area contributed by atoms with Gasteiger partial charge < -0.3 is 5.32 Å². The molecule has 0 aliphatic rings. The quantitative estimate of drug-likeness (QED) is 0.869. The molecule has 0 unspecified atom stereocenters. The Labute approximate surface area is 122 Å². The molecule has 2 nitrogen and oxygen atoms in total. The van der Waals surface area contributed by atoms with Crippen LogP contribution in [0.1, 0.15) is 18.4 Å². The summed E-state index contributed by atoms with van der Waals surface area (Å²) in [5.74, 6) is 0.0639. The van der Waals surface area contributed by atoms with Crippen molar-refractivity contribution in [2.45, 2.75) is 19.3 Å². The van der Waals surface area contributed by atoms with Gasteiger partial charge >= 0.3 is 0 Å². The van der Waals surface area contributed by atoms with Crippen LogP contribution < -0.4 is 5.32 Å². The van der Waals surface area contributed by atoms with Crippen molar-refractivity contribution in [2.24, 2.45) is 0 Å². The molecule has 2 rings (SSSR count). The number of hydrogen-bond acceptors (Lipinski definition) is 1. The van der Waals surface area contributed by atoms with Crippen LogP contribution in [0.2, 0.25) is 0 Å². The van der Waals surface area contributed by atoms with Crippen molar-refractivity contribution in [1.82, 2.24) is 0 Å². The van der Waals surface area contributed by atoms with E-state index in [0.717, 1.165) is 23.0 Å². The fourth-order valence-corrected chi connectivity index (χ4v) is 2.29. The van der Waals surface area contributed by atoms with Crippen molar-refractivity contribution in [1.29, 1.82) is 0 Å². The molecule has 3 heteroatoms. The van der Waals surface area contributed by atoms with E-state index in [1.807, 2.05) is 42.5 Å². The van der Waals surface area contributed by atoms with Gasteiger partial charge in [-0.25, -0.2) is 0 Å². The second-order valence-corrected chi connectivity index (χ2v) is 5.31. The van der Waals surface area contributed by atoms with Gasteiger partial charge in [-0.05, 0) is 36.6 Å². The molecule has 19 heavy (non-hydrogen) atoms. The molecular formula is C16H16BrNO. The third kappa shape index (κ3) is 4.87. The van der Waals surface area contributed by atoms with Crippen LogP contribution in [-0.4, -0.2) is 5.91 Å². The van der Waals surface area contributed by atoms with Gasteiger partial charge in [0.1, 0.15) is 0 Å². The number of aryl methyl sites for hydroxylation is 1. The number of rotatable bonds is 5. The fraction of sp³-hybridized carbons (Fsp3) is 0.188. The number of halogens is 1. The number of amides is 1. The third-order valence-electron chi connectivity index (χ3n) is 2.82. The maximum atomic E-state index is 11.8. The second kappa shape index (κ2) is 7.10. The number of carbonyl (C=O) groups is 1. The first-order chi connectivity index (χ1) is 9.24. The number of carbonyl (C=O) groups excluding carboxylic acids is 1. The van der Waals surface area contributed by atoms with E-state index >= 15 is 0 Å². The summed E-state index contributed by atoms with van der Waals surface area (Å²) in [4.78, 5) is 11.8. The van der Waals surface area contributed by atoms with Crippen molar-refractivity contribution in [3.63, 3.8) is 0 Å². The third-order valence-corrected chi connectivity index (χ3v) is 3.31. The van der Waals surface area contributed by atoms with Crippen LogP contribution in [0, 0.1) is 0 Å². The Morgan fingerprint density at radius 2 is 1.84 bits per heavy atom. The van der Waals surface area contributed by atoms with Gasteiger partial charge in [0.2, 0.25) is 5.91 Å². The van der Waals surface area contributed by atoms with Crippen molar-refractivity contribution in [2.75, 3.05) is 5.32 Å². The summed E-state index contributed by atoms with van der Waals surface area (Å²) >= 11 is 3.38. The van der Waals surface area contributed by atoms with E-state index in [0.29, 0.717) is 6.42 Å². The summed E-state index contributed by atoms with van der Waals surface area (Å²) in [6, 6.07) is 17.9. The van der Waals surface area contributed by atoms with Gasteiger partial charge in [-0.15, -0.1) is 0 Å². The Balaban J connectivity index is 1.76. The summed E-state index contributed by atoms with van der Waals surface area (Å²) in [7, 11) is 0. The Morgan fingerprint density at radius 1 is 1.05 bits per heavy atom. The molecule has 0 aliphatic carbocycles. The number of benzene rings is 2. The lowest BCUT2D eigenvalue weighted by atomic mass is 10.1. The van der Waals surface area contributed by atoms with Crippen molar-refractivity contribution >= 4 is 27.5 Å². The summed E-state index contributed by atoms with van der Waals surface area (Å²) in [5.41, 5.74) is 2.11. The molecule has 0 radical (unpaired) electrons. The molecule has 1 amide bonds. The molecule has 0 saturated carbocycles. The molecule has 0 fully saturated rings. The summed E-state index contributed by atoms with van der Waals surface area (Å²) in [5, 5.41) is 2.90. The largest absolute Gasteiger partial charge is 0.326 e. The smallest absolute Gasteiger partial charge is 0.224 e. The van der Waals surface area contributed by atoms with E-state index in [2.05, 4.69) is 33.4 Å². The standard InChI is InChI=1S/C16H16BrNO/c17-14-9-5-10-15(12-14)18-16(19)11-4-8-13-6-2-1-3-7-13/h1-3,5-7,9-10,12H,4,8,11H2,(H,18,19). The van der Waals surface area contributed by atoms with Crippen LogP contribution in [-0.2, 0) is 11.2 Å². The normalized spacial score (nSPS) is 10.2. The number of nitrogens with one attached hydrogen (secondary N) is 1. The Kier molecular flexibility index (Phi) is 5.16. The second-order valence-electron chi connectivity index (χ2n) is 4.40. The van der Waals surface area contributed by atoms with Crippen LogP contribution >= 0.6 is 15.9 Å². The minimum Gasteiger partial charge on any atom is -0.326 e. The van der Waals surface area contributed by atoms with Gasteiger partial charge in [-0.1, -0.05) is 52.3 Å². The minimum atomic E-state index is 0.0639. The number of anilines is 1. The molecule has 0 aliphatic heterocycles. The van der Waals surface area contributed by atoms with E-state index in [1.54, 1.807) is 0 Å². The van der Waals surface area contributed by atoms with Gasteiger partial charge in [0, 0.05) is 16.6 Å². The zero-order valence-electron chi connectivity index (χ0n) is 10.6. The summed E-state index contributed by atoms with van der Waals surface area (Å²) < 4.78 is 0.967.